The van der Waals surface area contributed by atoms with E-state index in [4.69, 9.17) is 5.26 Å². The molecule has 0 bridgehead atoms. The van der Waals surface area contributed by atoms with E-state index in [1.807, 2.05) is 18.2 Å². The zero-order valence-corrected chi connectivity index (χ0v) is 12.3. The van der Waals surface area contributed by atoms with Crippen LogP contribution < -0.4 is 5.32 Å². The van der Waals surface area contributed by atoms with E-state index in [0.717, 1.165) is 21.6 Å². The number of nitrogens with one attached hydrogen (secondary N) is 1. The first-order chi connectivity index (χ1) is 8.70. The Bertz CT molecular complexity index is 444. The van der Waals surface area contributed by atoms with Crippen molar-refractivity contribution in [2.24, 2.45) is 5.92 Å². The largest absolute Gasteiger partial charge is 0.381 e. The fourth-order valence-electron chi connectivity index (χ4n) is 2.73. The summed E-state index contributed by atoms with van der Waals surface area (Å²) in [6.07, 6.45) is 6.69. The van der Waals surface area contributed by atoms with Crippen LogP contribution in [0.2, 0.25) is 0 Å². The summed E-state index contributed by atoms with van der Waals surface area (Å²) in [5, 5.41) is 12.6. The third kappa shape index (κ3) is 3.26. The molecule has 2 nitrogen and oxygen atoms in total. The van der Waals surface area contributed by atoms with Gasteiger partial charge in [-0.1, -0.05) is 35.2 Å². The highest BCUT2D eigenvalue weighted by molar-refractivity contribution is 9.10. The number of nitrogens with zero attached hydrogens (tertiary/aromatic N) is 1. The Labute approximate surface area is 118 Å². The number of hydrogen-bond acceptors (Lipinski definition) is 2. The van der Waals surface area contributed by atoms with Gasteiger partial charge in [0.1, 0.15) is 6.07 Å². The van der Waals surface area contributed by atoms with E-state index in [1.54, 1.807) is 0 Å². The Hall–Kier alpha value is -1.01. The van der Waals surface area contributed by atoms with Crippen LogP contribution >= 0.6 is 15.9 Å². The monoisotopic (exact) mass is 306 g/mol. The van der Waals surface area contributed by atoms with Gasteiger partial charge in [0.25, 0.3) is 0 Å². The van der Waals surface area contributed by atoms with Gasteiger partial charge in [-0.15, -0.1) is 0 Å². The fourth-order valence-corrected chi connectivity index (χ4v) is 3.09. The molecule has 1 unspecified atom stereocenters. The van der Waals surface area contributed by atoms with Crippen molar-refractivity contribution in [1.29, 1.82) is 5.26 Å². The zero-order valence-electron chi connectivity index (χ0n) is 10.7. The molecule has 1 aromatic carbocycles. The number of anilines is 1. The summed E-state index contributed by atoms with van der Waals surface area (Å²) in [7, 11) is 0. The van der Waals surface area contributed by atoms with Gasteiger partial charge in [0.05, 0.1) is 11.3 Å². The van der Waals surface area contributed by atoms with Crippen molar-refractivity contribution in [2.75, 3.05) is 5.32 Å². The molecule has 96 valence electrons. The van der Waals surface area contributed by atoms with Gasteiger partial charge in [-0.2, -0.15) is 5.26 Å². The summed E-state index contributed by atoms with van der Waals surface area (Å²) in [5.74, 6) is 0.740. The highest BCUT2D eigenvalue weighted by Gasteiger charge is 2.20. The minimum absolute atomic E-state index is 0.437. The number of hydrogen-bond donors (Lipinski definition) is 1. The number of halogens is 1. The molecule has 3 heteroatoms. The summed E-state index contributed by atoms with van der Waals surface area (Å²) in [6.45, 7) is 2.23. The Morgan fingerprint density at radius 2 is 2.06 bits per heavy atom. The highest BCUT2D eigenvalue weighted by atomic mass is 79.9. The second kappa shape index (κ2) is 6.24. The standard InChI is InChI=1S/C15H19BrN2/c1-11(12-5-3-2-4-6-12)18-15-9-14(16)8-7-13(15)10-17/h7-9,11-12,18H,2-6H2,1H3. The summed E-state index contributed by atoms with van der Waals surface area (Å²) in [5.41, 5.74) is 1.67. The third-order valence-electron chi connectivity index (χ3n) is 3.84. The van der Waals surface area contributed by atoms with E-state index in [1.165, 1.54) is 32.1 Å². The molecular formula is C15H19BrN2. The minimum Gasteiger partial charge on any atom is -0.381 e. The van der Waals surface area contributed by atoms with Gasteiger partial charge in [0, 0.05) is 10.5 Å². The normalized spacial score (nSPS) is 18.1. The van der Waals surface area contributed by atoms with Crippen molar-refractivity contribution in [3.63, 3.8) is 0 Å². The van der Waals surface area contributed by atoms with E-state index in [9.17, 15) is 0 Å². The first-order valence-electron chi connectivity index (χ1n) is 6.67. The molecule has 0 spiro atoms. The van der Waals surface area contributed by atoms with Crippen molar-refractivity contribution in [2.45, 2.75) is 45.1 Å². The van der Waals surface area contributed by atoms with Crippen LogP contribution in [-0.2, 0) is 0 Å². The van der Waals surface area contributed by atoms with E-state index in [0.29, 0.717) is 6.04 Å². The molecule has 0 aromatic heterocycles. The molecule has 1 atom stereocenters. The summed E-state index contributed by atoms with van der Waals surface area (Å²) in [4.78, 5) is 0. The lowest BCUT2D eigenvalue weighted by Gasteiger charge is -2.29. The summed E-state index contributed by atoms with van der Waals surface area (Å²) < 4.78 is 1.01. The molecule has 1 N–H and O–H groups in total. The molecule has 0 heterocycles. The Balaban J connectivity index is 2.08. The molecule has 0 radical (unpaired) electrons. The third-order valence-corrected chi connectivity index (χ3v) is 4.34. The average Bonchev–Trinajstić information content (AvgIpc) is 2.40. The predicted molar refractivity (Wildman–Crippen MR) is 78.5 cm³/mol. The van der Waals surface area contributed by atoms with Crippen LogP contribution in [0.1, 0.15) is 44.6 Å². The van der Waals surface area contributed by atoms with Crippen molar-refractivity contribution < 1.29 is 0 Å². The maximum Gasteiger partial charge on any atom is 0.101 e. The molecular weight excluding hydrogens is 288 g/mol. The van der Waals surface area contributed by atoms with Crippen molar-refractivity contribution in [3.05, 3.63) is 28.2 Å². The molecule has 1 saturated carbocycles. The molecule has 0 saturated heterocycles. The predicted octanol–water partition coefficient (Wildman–Crippen LogP) is 4.70. The number of benzene rings is 1. The quantitative estimate of drug-likeness (QED) is 0.878. The lowest BCUT2D eigenvalue weighted by Crippen LogP contribution is -2.28. The van der Waals surface area contributed by atoms with Crippen LogP contribution in [0.15, 0.2) is 22.7 Å². The lowest BCUT2D eigenvalue weighted by atomic mass is 9.84. The van der Waals surface area contributed by atoms with Gasteiger partial charge in [0.2, 0.25) is 0 Å². The summed E-state index contributed by atoms with van der Waals surface area (Å²) >= 11 is 3.46. The zero-order chi connectivity index (χ0) is 13.0. The van der Waals surface area contributed by atoms with E-state index in [2.05, 4.69) is 34.2 Å². The first kappa shape index (κ1) is 13.4. The van der Waals surface area contributed by atoms with E-state index in [-0.39, 0.29) is 0 Å². The highest BCUT2D eigenvalue weighted by Crippen LogP contribution is 2.29. The average molecular weight is 307 g/mol. The van der Waals surface area contributed by atoms with Crippen LogP contribution in [0.5, 0.6) is 0 Å². The Morgan fingerprint density at radius 1 is 1.33 bits per heavy atom. The van der Waals surface area contributed by atoms with Crippen molar-refractivity contribution in [1.82, 2.24) is 0 Å². The molecule has 1 fully saturated rings. The van der Waals surface area contributed by atoms with Crippen LogP contribution in [0, 0.1) is 17.2 Å². The molecule has 2 rings (SSSR count). The second-order valence-corrected chi connectivity index (χ2v) is 6.05. The molecule has 0 aliphatic heterocycles. The van der Waals surface area contributed by atoms with Gasteiger partial charge < -0.3 is 5.32 Å². The number of rotatable bonds is 3. The van der Waals surface area contributed by atoms with E-state index < -0.39 is 0 Å². The second-order valence-electron chi connectivity index (χ2n) is 5.13. The van der Waals surface area contributed by atoms with Crippen LogP contribution in [0.3, 0.4) is 0 Å². The first-order valence-corrected chi connectivity index (χ1v) is 7.46. The van der Waals surface area contributed by atoms with Gasteiger partial charge in [-0.25, -0.2) is 0 Å². The minimum atomic E-state index is 0.437. The molecule has 18 heavy (non-hydrogen) atoms. The van der Waals surface area contributed by atoms with Crippen LogP contribution in [-0.4, -0.2) is 6.04 Å². The van der Waals surface area contributed by atoms with Gasteiger partial charge in [0.15, 0.2) is 0 Å². The Morgan fingerprint density at radius 3 is 2.72 bits per heavy atom. The fraction of sp³-hybridized carbons (Fsp3) is 0.533. The van der Waals surface area contributed by atoms with E-state index >= 15 is 0 Å². The van der Waals surface area contributed by atoms with Gasteiger partial charge >= 0.3 is 0 Å². The molecule has 1 aliphatic carbocycles. The lowest BCUT2D eigenvalue weighted by molar-refractivity contribution is 0.328. The molecule has 1 aromatic rings. The summed E-state index contributed by atoms with van der Waals surface area (Å²) in [6, 6.07) is 8.46. The van der Waals surface area contributed by atoms with Gasteiger partial charge in [-0.3, -0.25) is 0 Å². The molecule has 0 amide bonds. The maximum absolute atomic E-state index is 9.13. The van der Waals surface area contributed by atoms with Crippen molar-refractivity contribution >= 4 is 21.6 Å². The number of nitriles is 1. The Kier molecular flexibility index (Phi) is 4.66. The van der Waals surface area contributed by atoms with Crippen LogP contribution in [0.25, 0.3) is 0 Å². The van der Waals surface area contributed by atoms with Crippen LogP contribution in [0.4, 0.5) is 5.69 Å². The van der Waals surface area contributed by atoms with Crippen molar-refractivity contribution in [3.8, 4) is 6.07 Å². The molecule has 1 aliphatic rings. The smallest absolute Gasteiger partial charge is 0.101 e. The topological polar surface area (TPSA) is 35.8 Å². The maximum atomic E-state index is 9.13. The SMILES string of the molecule is CC(Nc1cc(Br)ccc1C#N)C1CCCCC1. The van der Waals surface area contributed by atoms with Gasteiger partial charge in [-0.05, 0) is 43.9 Å².